The molecule has 86 valence electrons. The molecule has 0 spiro atoms. The molecule has 0 N–H and O–H groups in total. The van der Waals surface area contributed by atoms with Gasteiger partial charge in [-0.05, 0) is 6.92 Å². The normalized spacial score (nSPS) is 18.4. The van der Waals surface area contributed by atoms with Gasteiger partial charge in [0.25, 0.3) is 5.56 Å². The first-order valence-electron chi connectivity index (χ1n) is 5.17. The summed E-state index contributed by atoms with van der Waals surface area (Å²) in [4.78, 5) is 23.7. The molecule has 5 heteroatoms. The zero-order chi connectivity index (χ0) is 11.7. The number of aromatic nitrogens is 2. The van der Waals surface area contributed by atoms with Crippen LogP contribution in [0.15, 0.2) is 28.4 Å². The van der Waals surface area contributed by atoms with Crippen molar-refractivity contribution in [3.8, 4) is 0 Å². The minimum atomic E-state index is -0.300. The molecule has 1 saturated heterocycles. The van der Waals surface area contributed by atoms with Gasteiger partial charge in [0.2, 0.25) is 0 Å². The van der Waals surface area contributed by atoms with Gasteiger partial charge < -0.3 is 4.74 Å². The molecular formula is C11H14N2O3. The molecule has 1 fully saturated rings. The molecule has 0 bridgehead atoms. The van der Waals surface area contributed by atoms with E-state index in [2.05, 4.69) is 6.58 Å². The van der Waals surface area contributed by atoms with Crippen LogP contribution >= 0.6 is 0 Å². The summed E-state index contributed by atoms with van der Waals surface area (Å²) in [5, 5.41) is 0. The molecule has 1 aliphatic heterocycles. The molecule has 16 heavy (non-hydrogen) atoms. The van der Waals surface area contributed by atoms with Crippen molar-refractivity contribution in [3.63, 3.8) is 0 Å². The molecule has 0 saturated carbocycles. The minimum Gasteiger partial charge on any atom is -0.371 e. The summed E-state index contributed by atoms with van der Waals surface area (Å²) in [7, 11) is 0. The average Bonchev–Trinajstić information content (AvgIpc) is 3.05. The summed E-state index contributed by atoms with van der Waals surface area (Å²) in [6.45, 7) is 6.66. The van der Waals surface area contributed by atoms with Gasteiger partial charge in [-0.3, -0.25) is 13.9 Å². The molecule has 1 aromatic heterocycles. The lowest BCUT2D eigenvalue weighted by Gasteiger charge is -2.08. The van der Waals surface area contributed by atoms with Gasteiger partial charge in [0.15, 0.2) is 0 Å². The van der Waals surface area contributed by atoms with Crippen molar-refractivity contribution in [2.75, 3.05) is 6.61 Å². The highest BCUT2D eigenvalue weighted by molar-refractivity contribution is 5.03. The second kappa shape index (κ2) is 4.09. The molecule has 2 rings (SSSR count). The highest BCUT2D eigenvalue weighted by Crippen LogP contribution is 2.09. The Hall–Kier alpha value is -1.62. The molecule has 0 aliphatic carbocycles. The summed E-state index contributed by atoms with van der Waals surface area (Å²) in [5.74, 6) is 0. The van der Waals surface area contributed by atoms with E-state index in [0.717, 1.165) is 0 Å². The van der Waals surface area contributed by atoms with Crippen LogP contribution in [0.3, 0.4) is 0 Å². The first-order chi connectivity index (χ1) is 7.63. The molecule has 5 nitrogen and oxygen atoms in total. The van der Waals surface area contributed by atoms with E-state index in [1.807, 2.05) is 0 Å². The Morgan fingerprint density at radius 2 is 2.31 bits per heavy atom. The quantitative estimate of drug-likeness (QED) is 0.528. The SMILES string of the molecule is C=CCn1cc(C)c(=O)n(CC2CO2)c1=O. The third-order valence-corrected chi connectivity index (χ3v) is 2.52. The molecule has 1 unspecified atom stereocenters. The average molecular weight is 222 g/mol. The van der Waals surface area contributed by atoms with Gasteiger partial charge in [0.05, 0.1) is 19.3 Å². The number of nitrogens with zero attached hydrogens (tertiary/aromatic N) is 2. The van der Waals surface area contributed by atoms with Crippen molar-refractivity contribution in [1.29, 1.82) is 0 Å². The zero-order valence-electron chi connectivity index (χ0n) is 9.18. The second-order valence-corrected chi connectivity index (χ2v) is 3.91. The van der Waals surface area contributed by atoms with Crippen LogP contribution in [0.5, 0.6) is 0 Å². The lowest BCUT2D eigenvalue weighted by molar-refractivity contribution is 0.373. The zero-order valence-corrected chi connectivity index (χ0v) is 9.18. The van der Waals surface area contributed by atoms with E-state index in [-0.39, 0.29) is 17.4 Å². The van der Waals surface area contributed by atoms with Gasteiger partial charge in [0.1, 0.15) is 0 Å². The number of rotatable bonds is 4. The van der Waals surface area contributed by atoms with E-state index >= 15 is 0 Å². The summed E-state index contributed by atoms with van der Waals surface area (Å²) >= 11 is 0. The summed E-state index contributed by atoms with van der Waals surface area (Å²) in [5.41, 5.74) is 0.0221. The fraction of sp³-hybridized carbons (Fsp3) is 0.455. The standard InChI is InChI=1S/C11H14N2O3/c1-3-4-12-5-8(2)10(14)13(11(12)15)6-9-7-16-9/h3,5,9H,1,4,6-7H2,2H3. The van der Waals surface area contributed by atoms with E-state index in [9.17, 15) is 9.59 Å². The molecule has 1 aliphatic rings. The molecular weight excluding hydrogens is 208 g/mol. The van der Waals surface area contributed by atoms with Crippen LogP contribution < -0.4 is 11.2 Å². The Morgan fingerprint density at radius 3 is 2.88 bits per heavy atom. The van der Waals surface area contributed by atoms with Crippen LogP contribution in [0.1, 0.15) is 5.56 Å². The van der Waals surface area contributed by atoms with E-state index < -0.39 is 0 Å². The van der Waals surface area contributed by atoms with Crippen LogP contribution in [-0.4, -0.2) is 21.8 Å². The number of allylic oxidation sites excluding steroid dienone is 1. The maximum Gasteiger partial charge on any atom is 0.331 e. The Kier molecular flexibility index (Phi) is 2.78. The number of hydrogen-bond acceptors (Lipinski definition) is 3. The number of aryl methyl sites for hydroxylation is 1. The van der Waals surface area contributed by atoms with Crippen LogP contribution in [0.25, 0.3) is 0 Å². The first-order valence-corrected chi connectivity index (χ1v) is 5.17. The van der Waals surface area contributed by atoms with Gasteiger partial charge >= 0.3 is 5.69 Å². The van der Waals surface area contributed by atoms with Gasteiger partial charge in [0, 0.05) is 18.3 Å². The summed E-state index contributed by atoms with van der Waals surface area (Å²) < 4.78 is 7.75. The minimum absolute atomic E-state index is 0.0179. The van der Waals surface area contributed by atoms with E-state index in [1.165, 1.54) is 9.13 Å². The third kappa shape index (κ3) is 1.99. The van der Waals surface area contributed by atoms with Crippen molar-refractivity contribution < 1.29 is 4.74 Å². The highest BCUT2D eigenvalue weighted by Gasteiger charge is 2.25. The predicted octanol–water partition coefficient (Wildman–Crippen LogP) is -0.0968. The van der Waals surface area contributed by atoms with Gasteiger partial charge in [-0.2, -0.15) is 0 Å². The van der Waals surface area contributed by atoms with Crippen molar-refractivity contribution in [3.05, 3.63) is 45.3 Å². The van der Waals surface area contributed by atoms with Gasteiger partial charge in [-0.1, -0.05) is 6.08 Å². The van der Waals surface area contributed by atoms with Crippen molar-refractivity contribution in [2.45, 2.75) is 26.1 Å². The maximum atomic E-state index is 11.9. The molecule has 0 aromatic carbocycles. The topological polar surface area (TPSA) is 56.5 Å². The van der Waals surface area contributed by atoms with Crippen LogP contribution in [0.4, 0.5) is 0 Å². The predicted molar refractivity (Wildman–Crippen MR) is 59.6 cm³/mol. The van der Waals surface area contributed by atoms with Crippen molar-refractivity contribution in [1.82, 2.24) is 9.13 Å². The summed E-state index contributed by atoms with van der Waals surface area (Å²) in [6, 6.07) is 0. The van der Waals surface area contributed by atoms with Crippen molar-refractivity contribution >= 4 is 0 Å². The van der Waals surface area contributed by atoms with Gasteiger partial charge in [-0.15, -0.1) is 6.58 Å². The van der Waals surface area contributed by atoms with E-state index in [0.29, 0.717) is 25.3 Å². The summed E-state index contributed by atoms with van der Waals surface area (Å²) in [6.07, 6.45) is 3.21. The molecule has 0 amide bonds. The Morgan fingerprint density at radius 1 is 1.62 bits per heavy atom. The lowest BCUT2D eigenvalue weighted by Crippen LogP contribution is -2.41. The van der Waals surface area contributed by atoms with E-state index in [4.69, 9.17) is 4.74 Å². The Bertz CT molecular complexity index is 523. The molecule has 0 radical (unpaired) electrons. The number of ether oxygens (including phenoxy) is 1. The third-order valence-electron chi connectivity index (χ3n) is 2.52. The van der Waals surface area contributed by atoms with Gasteiger partial charge in [-0.25, -0.2) is 4.79 Å². The largest absolute Gasteiger partial charge is 0.371 e. The van der Waals surface area contributed by atoms with E-state index in [1.54, 1.807) is 19.2 Å². The fourth-order valence-corrected chi connectivity index (χ4v) is 1.61. The van der Waals surface area contributed by atoms with Crippen LogP contribution in [0, 0.1) is 6.92 Å². The maximum absolute atomic E-state index is 11.9. The second-order valence-electron chi connectivity index (χ2n) is 3.91. The smallest absolute Gasteiger partial charge is 0.331 e. The van der Waals surface area contributed by atoms with Crippen molar-refractivity contribution in [2.24, 2.45) is 0 Å². The molecule has 1 aromatic rings. The molecule has 1 atom stereocenters. The first kappa shape index (κ1) is 10.9. The Labute approximate surface area is 92.6 Å². The monoisotopic (exact) mass is 222 g/mol. The molecule has 2 heterocycles. The van der Waals surface area contributed by atoms with Crippen LogP contribution in [-0.2, 0) is 17.8 Å². The number of epoxide rings is 1. The highest BCUT2D eigenvalue weighted by atomic mass is 16.6. The Balaban J connectivity index is 2.50. The lowest BCUT2D eigenvalue weighted by atomic mass is 10.3. The fourth-order valence-electron chi connectivity index (χ4n) is 1.61. The number of hydrogen-bond donors (Lipinski definition) is 0. The van der Waals surface area contributed by atoms with Crippen LogP contribution in [0.2, 0.25) is 0 Å².